The van der Waals surface area contributed by atoms with Crippen molar-refractivity contribution in [3.05, 3.63) is 95.6 Å². The SMILES string of the molecule is Cc1ccccc1OCC(=O)Nc1ccccc1C(=O)NC(C)c1ccccc1. The van der Waals surface area contributed by atoms with Gasteiger partial charge in [0.15, 0.2) is 6.61 Å². The summed E-state index contributed by atoms with van der Waals surface area (Å²) in [4.78, 5) is 25.1. The second-order valence-corrected chi connectivity index (χ2v) is 6.75. The molecule has 148 valence electrons. The minimum Gasteiger partial charge on any atom is -0.483 e. The van der Waals surface area contributed by atoms with Gasteiger partial charge in [-0.25, -0.2) is 0 Å². The average Bonchev–Trinajstić information content (AvgIpc) is 2.74. The van der Waals surface area contributed by atoms with Crippen molar-refractivity contribution in [2.45, 2.75) is 19.9 Å². The molecule has 0 spiro atoms. The highest BCUT2D eigenvalue weighted by atomic mass is 16.5. The molecule has 0 aromatic heterocycles. The van der Waals surface area contributed by atoms with E-state index in [9.17, 15) is 9.59 Å². The summed E-state index contributed by atoms with van der Waals surface area (Å²) < 4.78 is 5.58. The molecule has 0 heterocycles. The topological polar surface area (TPSA) is 67.4 Å². The summed E-state index contributed by atoms with van der Waals surface area (Å²) in [6.45, 7) is 3.70. The maximum atomic E-state index is 12.8. The van der Waals surface area contributed by atoms with Gasteiger partial charge in [0.05, 0.1) is 17.3 Å². The van der Waals surface area contributed by atoms with E-state index in [1.54, 1.807) is 24.3 Å². The Morgan fingerprint density at radius 1 is 0.897 bits per heavy atom. The van der Waals surface area contributed by atoms with Gasteiger partial charge in [-0.1, -0.05) is 60.7 Å². The average molecular weight is 388 g/mol. The van der Waals surface area contributed by atoms with Crippen molar-refractivity contribution in [2.24, 2.45) is 0 Å². The highest BCUT2D eigenvalue weighted by Gasteiger charge is 2.16. The molecule has 0 saturated carbocycles. The van der Waals surface area contributed by atoms with Crippen LogP contribution < -0.4 is 15.4 Å². The van der Waals surface area contributed by atoms with Gasteiger partial charge in [-0.15, -0.1) is 0 Å². The lowest BCUT2D eigenvalue weighted by molar-refractivity contribution is -0.118. The van der Waals surface area contributed by atoms with Crippen LogP contribution in [0.1, 0.15) is 34.5 Å². The standard InChI is InChI=1S/C24H24N2O3/c1-17-10-6-9-15-22(17)29-16-23(27)26-21-14-8-7-13-20(21)24(28)25-18(2)19-11-4-3-5-12-19/h3-15,18H,16H2,1-2H3,(H,25,28)(H,26,27). The molecule has 2 amide bonds. The predicted octanol–water partition coefficient (Wildman–Crippen LogP) is 4.50. The zero-order valence-electron chi connectivity index (χ0n) is 16.5. The molecule has 29 heavy (non-hydrogen) atoms. The van der Waals surface area contributed by atoms with Crippen LogP contribution in [-0.4, -0.2) is 18.4 Å². The van der Waals surface area contributed by atoms with E-state index in [1.165, 1.54) is 0 Å². The van der Waals surface area contributed by atoms with Crippen LogP contribution >= 0.6 is 0 Å². The second kappa shape index (κ2) is 9.55. The number of hydrogen-bond donors (Lipinski definition) is 2. The molecule has 0 aliphatic carbocycles. The van der Waals surface area contributed by atoms with E-state index in [-0.39, 0.29) is 24.5 Å². The number of carbonyl (C=O) groups excluding carboxylic acids is 2. The van der Waals surface area contributed by atoms with Gasteiger partial charge in [-0.05, 0) is 43.2 Å². The van der Waals surface area contributed by atoms with Gasteiger partial charge in [-0.2, -0.15) is 0 Å². The van der Waals surface area contributed by atoms with Gasteiger partial charge >= 0.3 is 0 Å². The fourth-order valence-corrected chi connectivity index (χ4v) is 2.94. The normalized spacial score (nSPS) is 11.4. The van der Waals surface area contributed by atoms with E-state index in [4.69, 9.17) is 4.74 Å². The number of benzene rings is 3. The molecule has 0 saturated heterocycles. The molecule has 3 aromatic carbocycles. The van der Waals surface area contributed by atoms with Crippen molar-refractivity contribution < 1.29 is 14.3 Å². The molecule has 1 unspecified atom stereocenters. The summed E-state index contributed by atoms with van der Waals surface area (Å²) in [5.41, 5.74) is 2.81. The zero-order chi connectivity index (χ0) is 20.6. The van der Waals surface area contributed by atoms with Crippen molar-refractivity contribution in [3.63, 3.8) is 0 Å². The van der Waals surface area contributed by atoms with Crippen molar-refractivity contribution >= 4 is 17.5 Å². The molecule has 0 aliphatic heterocycles. The maximum absolute atomic E-state index is 12.8. The first kappa shape index (κ1) is 20.1. The smallest absolute Gasteiger partial charge is 0.262 e. The van der Waals surface area contributed by atoms with Gasteiger partial charge in [0, 0.05) is 0 Å². The first-order valence-corrected chi connectivity index (χ1v) is 9.47. The number of nitrogens with one attached hydrogen (secondary N) is 2. The summed E-state index contributed by atoms with van der Waals surface area (Å²) >= 11 is 0. The fourth-order valence-electron chi connectivity index (χ4n) is 2.94. The van der Waals surface area contributed by atoms with Crippen LogP contribution in [0.2, 0.25) is 0 Å². The van der Waals surface area contributed by atoms with Crippen LogP contribution in [0, 0.1) is 6.92 Å². The molecule has 3 rings (SSSR count). The first-order chi connectivity index (χ1) is 14.0. The number of hydrogen-bond acceptors (Lipinski definition) is 3. The Hall–Kier alpha value is -3.60. The third-order valence-corrected chi connectivity index (χ3v) is 4.55. The Kier molecular flexibility index (Phi) is 6.63. The number of aryl methyl sites for hydroxylation is 1. The van der Waals surface area contributed by atoms with Crippen LogP contribution in [0.5, 0.6) is 5.75 Å². The largest absolute Gasteiger partial charge is 0.483 e. The van der Waals surface area contributed by atoms with Gasteiger partial charge in [0.1, 0.15) is 5.75 Å². The molecule has 0 radical (unpaired) electrons. The van der Waals surface area contributed by atoms with E-state index in [2.05, 4.69) is 10.6 Å². The maximum Gasteiger partial charge on any atom is 0.262 e. The number of para-hydroxylation sites is 2. The van der Waals surface area contributed by atoms with Crippen molar-refractivity contribution in [1.29, 1.82) is 0 Å². The van der Waals surface area contributed by atoms with Crippen molar-refractivity contribution in [3.8, 4) is 5.75 Å². The number of ether oxygens (including phenoxy) is 1. The number of anilines is 1. The van der Waals surface area contributed by atoms with Crippen molar-refractivity contribution in [2.75, 3.05) is 11.9 Å². The Morgan fingerprint density at radius 2 is 1.55 bits per heavy atom. The van der Waals surface area contributed by atoms with E-state index in [1.807, 2.05) is 68.4 Å². The Labute approximate surface area is 170 Å². The van der Waals surface area contributed by atoms with Gasteiger partial charge in [0.2, 0.25) is 0 Å². The zero-order valence-corrected chi connectivity index (χ0v) is 16.5. The molecule has 5 heteroatoms. The molecule has 5 nitrogen and oxygen atoms in total. The lowest BCUT2D eigenvalue weighted by atomic mass is 10.1. The van der Waals surface area contributed by atoms with Gasteiger partial charge < -0.3 is 15.4 Å². The predicted molar refractivity (Wildman–Crippen MR) is 114 cm³/mol. The monoisotopic (exact) mass is 388 g/mol. The molecule has 2 N–H and O–H groups in total. The number of rotatable bonds is 7. The summed E-state index contributed by atoms with van der Waals surface area (Å²) in [6, 6.07) is 24.0. The third kappa shape index (κ3) is 5.45. The third-order valence-electron chi connectivity index (χ3n) is 4.55. The molecule has 3 aromatic rings. The quantitative estimate of drug-likeness (QED) is 0.626. The lowest BCUT2D eigenvalue weighted by Gasteiger charge is -2.16. The van der Waals surface area contributed by atoms with Crippen LogP contribution in [0.4, 0.5) is 5.69 Å². The summed E-state index contributed by atoms with van der Waals surface area (Å²) in [5.74, 6) is 0.0760. The van der Waals surface area contributed by atoms with Crippen LogP contribution in [0.15, 0.2) is 78.9 Å². The molecule has 1 atom stereocenters. The highest BCUT2D eigenvalue weighted by molar-refractivity contribution is 6.04. The molecule has 0 bridgehead atoms. The number of amides is 2. The minimum absolute atomic E-state index is 0.138. The Bertz CT molecular complexity index is 986. The Morgan fingerprint density at radius 3 is 2.31 bits per heavy atom. The summed E-state index contributed by atoms with van der Waals surface area (Å²) in [7, 11) is 0. The fraction of sp³-hybridized carbons (Fsp3) is 0.167. The molecular formula is C24H24N2O3. The van der Waals surface area contributed by atoms with Gasteiger partial charge in [0.25, 0.3) is 11.8 Å². The van der Waals surface area contributed by atoms with Crippen LogP contribution in [0.25, 0.3) is 0 Å². The highest BCUT2D eigenvalue weighted by Crippen LogP contribution is 2.19. The number of carbonyl (C=O) groups is 2. The Balaban J connectivity index is 1.64. The van der Waals surface area contributed by atoms with E-state index >= 15 is 0 Å². The molecule has 0 fully saturated rings. The van der Waals surface area contributed by atoms with E-state index in [0.717, 1.165) is 11.1 Å². The lowest BCUT2D eigenvalue weighted by Crippen LogP contribution is -2.28. The van der Waals surface area contributed by atoms with E-state index in [0.29, 0.717) is 17.0 Å². The molecular weight excluding hydrogens is 364 g/mol. The summed E-state index contributed by atoms with van der Waals surface area (Å²) in [6.07, 6.45) is 0. The minimum atomic E-state index is -0.329. The first-order valence-electron chi connectivity index (χ1n) is 9.47. The summed E-state index contributed by atoms with van der Waals surface area (Å²) in [5, 5.41) is 5.74. The van der Waals surface area contributed by atoms with Crippen molar-refractivity contribution in [1.82, 2.24) is 5.32 Å². The van der Waals surface area contributed by atoms with Crippen LogP contribution in [-0.2, 0) is 4.79 Å². The van der Waals surface area contributed by atoms with E-state index < -0.39 is 0 Å². The van der Waals surface area contributed by atoms with Crippen LogP contribution in [0.3, 0.4) is 0 Å². The second-order valence-electron chi connectivity index (χ2n) is 6.75. The molecule has 0 aliphatic rings. The van der Waals surface area contributed by atoms with Gasteiger partial charge in [-0.3, -0.25) is 9.59 Å².